The largest absolute Gasteiger partial charge is 0.480 e. The van der Waals surface area contributed by atoms with Crippen LogP contribution in [0.25, 0.3) is 10.8 Å². The molecule has 178 valence electrons. The molecule has 1 unspecified atom stereocenters. The molecule has 35 heavy (non-hydrogen) atoms. The van der Waals surface area contributed by atoms with Gasteiger partial charge in [0.05, 0.1) is 0 Å². The van der Waals surface area contributed by atoms with Gasteiger partial charge in [-0.3, -0.25) is 24.2 Å². The molecule has 9 nitrogen and oxygen atoms in total. The van der Waals surface area contributed by atoms with E-state index in [0.29, 0.717) is 16.5 Å². The van der Waals surface area contributed by atoms with Crippen LogP contribution in [-0.4, -0.2) is 64.4 Å². The maximum absolute atomic E-state index is 13.1. The second kappa shape index (κ2) is 10.6. The number of aliphatic carboxylic acids is 1. The van der Waals surface area contributed by atoms with Crippen LogP contribution in [0.3, 0.4) is 0 Å². The first-order valence-electron chi connectivity index (χ1n) is 11.1. The lowest BCUT2D eigenvalue weighted by Gasteiger charge is -2.24. The molecule has 1 atom stereocenters. The molecule has 0 bridgehead atoms. The summed E-state index contributed by atoms with van der Waals surface area (Å²) >= 11 is 0. The van der Waals surface area contributed by atoms with Gasteiger partial charge in [-0.15, -0.1) is 0 Å². The van der Waals surface area contributed by atoms with E-state index in [1.54, 1.807) is 48.5 Å². The number of hydrogen-bond donors (Lipinski definition) is 3. The summed E-state index contributed by atoms with van der Waals surface area (Å²) in [4.78, 5) is 55.3. The van der Waals surface area contributed by atoms with Crippen molar-refractivity contribution in [2.75, 3.05) is 19.6 Å². The number of benzene rings is 2. The molecule has 0 aliphatic carbocycles. The molecule has 2 heterocycles. The highest BCUT2D eigenvalue weighted by atomic mass is 16.4. The van der Waals surface area contributed by atoms with Crippen LogP contribution in [0.1, 0.15) is 27.3 Å². The lowest BCUT2D eigenvalue weighted by molar-refractivity contribution is -0.144. The Bertz CT molecular complexity index is 1300. The predicted molar refractivity (Wildman–Crippen MR) is 129 cm³/mol. The van der Waals surface area contributed by atoms with Gasteiger partial charge in [0.15, 0.2) is 0 Å². The Hall–Kier alpha value is -4.53. The Morgan fingerprint density at radius 3 is 2.51 bits per heavy atom. The number of pyridine rings is 1. The van der Waals surface area contributed by atoms with Crippen molar-refractivity contribution >= 4 is 34.5 Å². The minimum Gasteiger partial charge on any atom is -0.480 e. The lowest BCUT2D eigenvalue weighted by Crippen LogP contribution is -2.49. The zero-order chi connectivity index (χ0) is 24.8. The van der Waals surface area contributed by atoms with Gasteiger partial charge in [-0.2, -0.15) is 0 Å². The number of hydrogen-bond acceptors (Lipinski definition) is 5. The normalized spacial score (nSPS) is 15.8. The number of carbonyl (C=O) groups is 4. The summed E-state index contributed by atoms with van der Waals surface area (Å²) in [6.45, 7) is -0.358. The summed E-state index contributed by atoms with van der Waals surface area (Å²) < 4.78 is 0. The maximum Gasteiger partial charge on any atom is 0.323 e. The van der Waals surface area contributed by atoms with Crippen LogP contribution in [0, 0.1) is 0 Å². The van der Waals surface area contributed by atoms with Crippen molar-refractivity contribution in [2.24, 2.45) is 0 Å². The number of amides is 3. The summed E-state index contributed by atoms with van der Waals surface area (Å²) in [5, 5.41) is 16.3. The maximum atomic E-state index is 13.1. The predicted octanol–water partition coefficient (Wildman–Crippen LogP) is 2.01. The van der Waals surface area contributed by atoms with Crippen molar-refractivity contribution in [3.63, 3.8) is 0 Å². The number of fused-ring (bicyclic) bond motifs is 1. The minimum atomic E-state index is -1.17. The monoisotopic (exact) mass is 472 g/mol. The Morgan fingerprint density at radius 2 is 1.74 bits per heavy atom. The Kier molecular flexibility index (Phi) is 7.15. The van der Waals surface area contributed by atoms with Gasteiger partial charge in [-0.05, 0) is 35.6 Å². The van der Waals surface area contributed by atoms with Crippen molar-refractivity contribution in [1.29, 1.82) is 0 Å². The third-order valence-electron chi connectivity index (χ3n) is 5.68. The van der Waals surface area contributed by atoms with Gasteiger partial charge < -0.3 is 20.6 Å². The van der Waals surface area contributed by atoms with E-state index in [0.717, 1.165) is 10.3 Å². The van der Waals surface area contributed by atoms with Gasteiger partial charge in [0.25, 0.3) is 11.8 Å². The molecule has 1 aromatic heterocycles. The molecule has 0 saturated heterocycles. The fraction of sp³-hybridized carbons (Fsp3) is 0.192. The second-order valence-corrected chi connectivity index (χ2v) is 8.14. The quantitative estimate of drug-likeness (QED) is 0.451. The number of rotatable bonds is 7. The van der Waals surface area contributed by atoms with Gasteiger partial charge in [-0.25, -0.2) is 0 Å². The highest BCUT2D eigenvalue weighted by Crippen LogP contribution is 2.18. The van der Waals surface area contributed by atoms with Gasteiger partial charge in [0, 0.05) is 30.2 Å². The van der Waals surface area contributed by atoms with E-state index >= 15 is 0 Å². The van der Waals surface area contributed by atoms with Crippen LogP contribution in [0.15, 0.2) is 78.5 Å². The summed E-state index contributed by atoms with van der Waals surface area (Å²) in [6.07, 6.45) is 3.44. The van der Waals surface area contributed by atoms with Crippen molar-refractivity contribution in [1.82, 2.24) is 20.5 Å². The van der Waals surface area contributed by atoms with Crippen LogP contribution in [0.5, 0.6) is 0 Å². The first-order chi connectivity index (χ1) is 16.9. The standard InChI is InChI=1S/C26H24N4O5/c31-22(32)16-30-15-17(14-28-24(33)19-7-2-1-3-8-19)10-11-21(26(30)35)29-25(34)23-20-9-5-4-6-18(20)12-13-27-23/h1-10,12-13,21H,11,14-16H2,(H,28,33)(H,29,34)(H,31,32). The van der Waals surface area contributed by atoms with Gasteiger partial charge in [0.2, 0.25) is 5.91 Å². The SMILES string of the molecule is O=C(O)CN1CC(CNC(=O)c2ccccc2)=CCC(NC(=O)c2nccc3ccccc23)C1=O. The molecule has 0 saturated carbocycles. The Labute approximate surface area is 201 Å². The molecule has 9 heteroatoms. The van der Waals surface area contributed by atoms with Crippen molar-refractivity contribution < 1.29 is 24.3 Å². The van der Waals surface area contributed by atoms with Crippen molar-refractivity contribution in [3.05, 3.63) is 89.8 Å². The molecule has 4 rings (SSSR count). The van der Waals surface area contributed by atoms with Crippen LogP contribution in [0.2, 0.25) is 0 Å². The zero-order valence-corrected chi connectivity index (χ0v) is 18.8. The summed E-state index contributed by atoms with van der Waals surface area (Å²) in [6, 6.07) is 16.8. The Balaban J connectivity index is 1.51. The second-order valence-electron chi connectivity index (χ2n) is 8.14. The number of carboxylic acid groups (broad SMARTS) is 1. The highest BCUT2D eigenvalue weighted by molar-refractivity contribution is 6.06. The average Bonchev–Trinajstić information content (AvgIpc) is 3.01. The topological polar surface area (TPSA) is 129 Å². The van der Waals surface area contributed by atoms with E-state index in [1.807, 2.05) is 18.2 Å². The minimum absolute atomic E-state index is 0.0269. The van der Waals surface area contributed by atoms with E-state index < -0.39 is 30.4 Å². The first kappa shape index (κ1) is 23.6. The molecule has 2 aromatic carbocycles. The van der Waals surface area contributed by atoms with E-state index in [9.17, 15) is 24.3 Å². The number of carbonyl (C=O) groups excluding carboxylic acids is 3. The van der Waals surface area contributed by atoms with E-state index in [4.69, 9.17) is 0 Å². The molecule has 3 N–H and O–H groups in total. The molecule has 3 aromatic rings. The molecule has 0 fully saturated rings. The summed E-state index contributed by atoms with van der Waals surface area (Å²) in [5.41, 5.74) is 1.35. The van der Waals surface area contributed by atoms with Crippen molar-refractivity contribution in [3.8, 4) is 0 Å². The zero-order valence-electron chi connectivity index (χ0n) is 18.8. The van der Waals surface area contributed by atoms with Crippen LogP contribution >= 0.6 is 0 Å². The molecular weight excluding hydrogens is 448 g/mol. The van der Waals surface area contributed by atoms with Crippen LogP contribution in [0.4, 0.5) is 0 Å². The smallest absolute Gasteiger partial charge is 0.323 e. The molecule has 1 aliphatic heterocycles. The fourth-order valence-corrected chi connectivity index (χ4v) is 3.95. The lowest BCUT2D eigenvalue weighted by atomic mass is 10.1. The number of carboxylic acids is 1. The van der Waals surface area contributed by atoms with Crippen molar-refractivity contribution in [2.45, 2.75) is 12.5 Å². The Morgan fingerprint density at radius 1 is 1.00 bits per heavy atom. The van der Waals surface area contributed by atoms with E-state index in [-0.39, 0.29) is 31.1 Å². The summed E-state index contributed by atoms with van der Waals surface area (Å²) in [7, 11) is 0. The van der Waals surface area contributed by atoms with Crippen LogP contribution in [-0.2, 0) is 9.59 Å². The third kappa shape index (κ3) is 5.70. The van der Waals surface area contributed by atoms with E-state index in [1.165, 1.54) is 6.20 Å². The molecule has 3 amide bonds. The van der Waals surface area contributed by atoms with Gasteiger partial charge >= 0.3 is 5.97 Å². The van der Waals surface area contributed by atoms with Crippen LogP contribution < -0.4 is 10.6 Å². The van der Waals surface area contributed by atoms with Gasteiger partial charge in [-0.1, -0.05) is 48.5 Å². The van der Waals surface area contributed by atoms with E-state index in [2.05, 4.69) is 15.6 Å². The average molecular weight is 473 g/mol. The number of aromatic nitrogens is 1. The molecular formula is C26H24N4O5. The number of nitrogens with one attached hydrogen (secondary N) is 2. The first-order valence-corrected chi connectivity index (χ1v) is 11.1. The van der Waals surface area contributed by atoms with Gasteiger partial charge in [0.1, 0.15) is 18.3 Å². The highest BCUT2D eigenvalue weighted by Gasteiger charge is 2.30. The number of nitrogens with zero attached hydrogens (tertiary/aromatic N) is 2. The third-order valence-corrected chi connectivity index (χ3v) is 5.68. The molecule has 1 aliphatic rings. The molecule has 0 spiro atoms. The molecule has 0 radical (unpaired) electrons. The fourth-order valence-electron chi connectivity index (χ4n) is 3.95. The summed E-state index contributed by atoms with van der Waals surface area (Å²) in [5.74, 6) is -2.49.